The average molecular weight is 568 g/mol. The Bertz CT molecular complexity index is 894. The summed E-state index contributed by atoms with van der Waals surface area (Å²) >= 11 is 0. The summed E-state index contributed by atoms with van der Waals surface area (Å²) in [5, 5.41) is 26.4. The number of β-amino-alcohol motifs (C(OH)–C–C–N with tert-alkyl or cyclic N) is 2. The van der Waals surface area contributed by atoms with Crippen LogP contribution in [-0.4, -0.2) is 153 Å². The van der Waals surface area contributed by atoms with Crippen molar-refractivity contribution < 1.29 is 39.1 Å². The number of rotatable bonds is 7. The fourth-order valence-electron chi connectivity index (χ4n) is 7.80. The minimum Gasteiger partial charge on any atom is -0.396 e. The first-order valence-electron chi connectivity index (χ1n) is 15.5. The van der Waals surface area contributed by atoms with Gasteiger partial charge in [0.1, 0.15) is 0 Å². The number of Topliss-reactive ketones (excluding diaryl/α,β-unsaturated/α-hetero) is 1. The van der Waals surface area contributed by atoms with Crippen molar-refractivity contribution in [1.29, 1.82) is 0 Å². The van der Waals surface area contributed by atoms with Crippen LogP contribution in [0.3, 0.4) is 0 Å². The number of carbonyl (C=O) groups excluding carboxylic acids is 1. The zero-order chi connectivity index (χ0) is 27.9. The summed E-state index contributed by atoms with van der Waals surface area (Å²) in [6.07, 6.45) is 7.92. The molecule has 0 aromatic rings. The van der Waals surface area contributed by atoms with Crippen LogP contribution in [0.25, 0.3) is 0 Å². The Morgan fingerprint density at radius 3 is 1.45 bits per heavy atom. The Morgan fingerprint density at radius 1 is 0.575 bits per heavy atom. The Kier molecular flexibility index (Phi) is 8.37. The molecular formula is C29H49N3O8. The van der Waals surface area contributed by atoms with Gasteiger partial charge in [0, 0.05) is 62.1 Å². The number of aliphatic hydroxyl groups excluding tert-OH is 3. The molecular weight excluding hydrogens is 518 g/mol. The Labute approximate surface area is 237 Å². The molecule has 8 fully saturated rings. The van der Waals surface area contributed by atoms with Gasteiger partial charge in [-0.3, -0.25) is 19.5 Å². The fourth-order valence-corrected chi connectivity index (χ4v) is 7.80. The van der Waals surface area contributed by atoms with Crippen LogP contribution in [0.2, 0.25) is 0 Å². The molecule has 0 aromatic carbocycles. The predicted molar refractivity (Wildman–Crippen MR) is 144 cm³/mol. The van der Waals surface area contributed by atoms with Gasteiger partial charge in [-0.2, -0.15) is 0 Å². The van der Waals surface area contributed by atoms with Crippen molar-refractivity contribution in [3.05, 3.63) is 0 Å². The molecule has 0 aromatic heterocycles. The van der Waals surface area contributed by atoms with E-state index >= 15 is 0 Å². The normalized spacial score (nSPS) is 31.3. The van der Waals surface area contributed by atoms with Crippen LogP contribution in [0.5, 0.6) is 0 Å². The van der Waals surface area contributed by atoms with Gasteiger partial charge in [0.25, 0.3) is 0 Å². The number of ketones is 1. The van der Waals surface area contributed by atoms with Crippen LogP contribution in [0.1, 0.15) is 44.9 Å². The molecule has 3 N–H and O–H groups in total. The number of carbonyl (C=O) groups is 1. The lowest BCUT2D eigenvalue weighted by atomic mass is 10.00. The van der Waals surface area contributed by atoms with Crippen LogP contribution in [-0.2, 0) is 23.7 Å². The minimum atomic E-state index is -0.317. The van der Waals surface area contributed by atoms with Crippen molar-refractivity contribution in [2.45, 2.75) is 56.5 Å². The second kappa shape index (κ2) is 11.4. The Morgan fingerprint density at radius 2 is 1.05 bits per heavy atom. The van der Waals surface area contributed by atoms with Gasteiger partial charge in [-0.05, 0) is 44.9 Å². The molecule has 0 atom stereocenters. The third kappa shape index (κ3) is 5.40. The quantitative estimate of drug-likeness (QED) is 0.375. The number of nitrogens with zero attached hydrogens (tertiary/aromatic N) is 3. The first kappa shape index (κ1) is 29.3. The second-order valence-electron chi connectivity index (χ2n) is 13.3. The van der Waals surface area contributed by atoms with Crippen molar-refractivity contribution in [2.75, 3.05) is 105 Å². The summed E-state index contributed by atoms with van der Waals surface area (Å²) in [5.74, 6) is -0.212. The van der Waals surface area contributed by atoms with Gasteiger partial charge in [-0.1, -0.05) is 0 Å². The molecule has 0 bridgehead atoms. The molecule has 8 aliphatic rings. The lowest BCUT2D eigenvalue weighted by Crippen LogP contribution is -2.40. The summed E-state index contributed by atoms with van der Waals surface area (Å²) in [7, 11) is 0. The van der Waals surface area contributed by atoms with E-state index in [2.05, 4.69) is 14.7 Å². The van der Waals surface area contributed by atoms with Crippen LogP contribution in [0.4, 0.5) is 0 Å². The van der Waals surface area contributed by atoms with Gasteiger partial charge in [-0.25, -0.2) is 0 Å². The highest BCUT2D eigenvalue weighted by atomic mass is 16.7. The second-order valence-corrected chi connectivity index (χ2v) is 13.3. The number of hydrogen-bond acceptors (Lipinski definition) is 11. The molecule has 0 amide bonds. The molecule has 5 heterocycles. The highest BCUT2D eigenvalue weighted by Gasteiger charge is 2.68. The Balaban J connectivity index is 0.000000110. The topological polar surface area (TPSA) is 124 Å². The van der Waals surface area contributed by atoms with Crippen LogP contribution >= 0.6 is 0 Å². The van der Waals surface area contributed by atoms with Crippen LogP contribution in [0, 0.1) is 16.2 Å². The van der Waals surface area contributed by atoms with E-state index in [9.17, 15) is 4.79 Å². The highest BCUT2D eigenvalue weighted by Crippen LogP contribution is 2.62. The molecule has 5 spiro atoms. The molecule has 11 heteroatoms. The number of likely N-dealkylation sites (tertiary alicyclic amines) is 3. The molecule has 228 valence electrons. The first-order chi connectivity index (χ1) is 19.4. The summed E-state index contributed by atoms with van der Waals surface area (Å²) in [4.78, 5) is 18.0. The molecule has 40 heavy (non-hydrogen) atoms. The maximum absolute atomic E-state index is 11.3. The average Bonchev–Trinajstić information content (AvgIpc) is 3.86. The predicted octanol–water partition coefficient (Wildman–Crippen LogP) is -0.331. The van der Waals surface area contributed by atoms with Crippen molar-refractivity contribution in [1.82, 2.24) is 14.7 Å². The molecule has 5 saturated heterocycles. The zero-order valence-electron chi connectivity index (χ0n) is 24.0. The van der Waals surface area contributed by atoms with E-state index in [1.165, 1.54) is 25.7 Å². The number of ether oxygens (including phenoxy) is 4. The van der Waals surface area contributed by atoms with Crippen molar-refractivity contribution in [3.8, 4) is 0 Å². The number of aliphatic hydroxyl groups is 3. The molecule has 3 saturated carbocycles. The smallest absolute Gasteiger partial charge is 0.188 e. The van der Waals surface area contributed by atoms with Gasteiger partial charge < -0.3 is 34.3 Å². The number of fused-ring (bicyclic) bond motifs is 2. The standard InChI is InChI=1S/C11H19NO3.C10H17NO3.C8H13NO2/c13-5-1-4-12-8-10(2-3-10)11(9-12)14-6-7-15-11;12-4-3-11-7-9(1-2-9)10(8-11)13-5-6-14-10;10-4-3-9-5-7(11)8(6-9)1-2-8/h13H,1-9H2;12H,1-8H2;10H,1-6H2. The maximum Gasteiger partial charge on any atom is 0.188 e. The third-order valence-electron chi connectivity index (χ3n) is 10.6. The maximum atomic E-state index is 11.3. The molecule has 8 rings (SSSR count). The molecule has 0 radical (unpaired) electrons. The first-order valence-corrected chi connectivity index (χ1v) is 15.5. The monoisotopic (exact) mass is 567 g/mol. The van der Waals surface area contributed by atoms with Gasteiger partial charge in [-0.15, -0.1) is 0 Å². The van der Waals surface area contributed by atoms with E-state index in [1.807, 2.05) is 0 Å². The molecule has 5 aliphatic heterocycles. The van der Waals surface area contributed by atoms with E-state index in [1.54, 1.807) is 0 Å². The summed E-state index contributed by atoms with van der Waals surface area (Å²) in [6, 6.07) is 0. The summed E-state index contributed by atoms with van der Waals surface area (Å²) in [5.41, 5.74) is 0.604. The van der Waals surface area contributed by atoms with Crippen molar-refractivity contribution in [2.24, 2.45) is 16.2 Å². The van der Waals surface area contributed by atoms with Gasteiger partial charge >= 0.3 is 0 Å². The van der Waals surface area contributed by atoms with Crippen LogP contribution in [0.15, 0.2) is 0 Å². The lowest BCUT2D eigenvalue weighted by Gasteiger charge is -2.28. The van der Waals surface area contributed by atoms with Gasteiger partial charge in [0.15, 0.2) is 17.4 Å². The van der Waals surface area contributed by atoms with E-state index in [0.29, 0.717) is 24.3 Å². The van der Waals surface area contributed by atoms with E-state index in [-0.39, 0.29) is 42.2 Å². The van der Waals surface area contributed by atoms with E-state index < -0.39 is 0 Å². The van der Waals surface area contributed by atoms with Crippen LogP contribution < -0.4 is 0 Å². The lowest BCUT2D eigenvalue weighted by molar-refractivity contribution is -0.182. The number of hydrogen-bond donors (Lipinski definition) is 3. The fraction of sp³-hybridized carbons (Fsp3) is 0.966. The largest absolute Gasteiger partial charge is 0.396 e. The summed E-state index contributed by atoms with van der Waals surface area (Å²) in [6.45, 7) is 11.3. The zero-order valence-corrected chi connectivity index (χ0v) is 24.0. The SMILES string of the molecule is O=C1CN(CCO)CC12CC2.OCCCN1CC2(CC2)C2(C1)OCCO2.OCCN1CC2(CC2)C2(C1)OCCO2. The highest BCUT2D eigenvalue weighted by molar-refractivity contribution is 5.91. The van der Waals surface area contributed by atoms with E-state index in [0.717, 1.165) is 91.5 Å². The van der Waals surface area contributed by atoms with Gasteiger partial charge in [0.05, 0.1) is 59.3 Å². The van der Waals surface area contributed by atoms with E-state index in [4.69, 9.17) is 34.3 Å². The third-order valence-corrected chi connectivity index (χ3v) is 10.6. The summed E-state index contributed by atoms with van der Waals surface area (Å²) < 4.78 is 23.3. The Hall–Kier alpha value is -0.730. The van der Waals surface area contributed by atoms with Crippen molar-refractivity contribution >= 4 is 5.78 Å². The van der Waals surface area contributed by atoms with Crippen molar-refractivity contribution in [3.63, 3.8) is 0 Å². The van der Waals surface area contributed by atoms with Gasteiger partial charge in [0.2, 0.25) is 0 Å². The molecule has 0 unspecified atom stereocenters. The minimum absolute atomic E-state index is 0.0508. The molecule has 11 nitrogen and oxygen atoms in total. The molecule has 3 aliphatic carbocycles.